The minimum Gasteiger partial charge on any atom is -0.616 e. The van der Waals surface area contributed by atoms with E-state index < -0.39 is 11.2 Å². The highest BCUT2D eigenvalue weighted by atomic mass is 32.2. The summed E-state index contributed by atoms with van der Waals surface area (Å²) in [5, 5.41) is 0. The minimum absolute atomic E-state index is 0.198. The molecule has 0 radical (unpaired) electrons. The van der Waals surface area contributed by atoms with E-state index in [1.54, 1.807) is 24.3 Å². The molecule has 0 aromatic heterocycles. The van der Waals surface area contributed by atoms with Gasteiger partial charge in [0.2, 0.25) is 0 Å². The van der Waals surface area contributed by atoms with Gasteiger partial charge in [-0.2, -0.15) is 0 Å². The number of carbonyl (C=O) groups is 2. The molecule has 1 aliphatic heterocycles. The molecule has 1 unspecified atom stereocenters. The van der Waals surface area contributed by atoms with Crippen molar-refractivity contribution >= 4 is 23.0 Å². The predicted molar refractivity (Wildman–Crippen MR) is 96.7 cm³/mol. The molecule has 2 amide bonds. The van der Waals surface area contributed by atoms with Gasteiger partial charge >= 0.3 is 0 Å². The highest BCUT2D eigenvalue weighted by Crippen LogP contribution is 2.22. The van der Waals surface area contributed by atoms with Gasteiger partial charge < -0.3 is 9.45 Å². The van der Waals surface area contributed by atoms with Crippen molar-refractivity contribution in [1.29, 1.82) is 0 Å². The maximum absolute atomic E-state index is 12.3. The van der Waals surface area contributed by atoms with Crippen LogP contribution in [-0.4, -0.2) is 63.9 Å². The summed E-state index contributed by atoms with van der Waals surface area (Å²) in [6, 6.07) is 6.97. The van der Waals surface area contributed by atoms with Crippen LogP contribution in [0.15, 0.2) is 24.3 Å². The van der Waals surface area contributed by atoms with E-state index in [0.29, 0.717) is 24.2 Å². The summed E-state index contributed by atoms with van der Waals surface area (Å²) in [6.45, 7) is 6.85. The van der Waals surface area contributed by atoms with Gasteiger partial charge in [-0.1, -0.05) is 37.2 Å². The molecule has 6 heteroatoms. The number of likely N-dealkylation sites (N-methyl/N-ethyl adjacent to an activating group) is 1. The van der Waals surface area contributed by atoms with Crippen LogP contribution in [0.4, 0.5) is 0 Å². The van der Waals surface area contributed by atoms with Gasteiger partial charge in [0.05, 0.1) is 11.1 Å². The maximum atomic E-state index is 12.3. The van der Waals surface area contributed by atoms with E-state index in [4.69, 9.17) is 0 Å². The zero-order valence-electron chi connectivity index (χ0n) is 14.5. The Morgan fingerprint density at radius 2 is 1.67 bits per heavy atom. The minimum atomic E-state index is -0.728. The molecule has 2 rings (SSSR count). The number of nitrogens with zero attached hydrogens (tertiary/aromatic N) is 2. The number of carbonyl (C=O) groups excluding carboxylic acids is 2. The predicted octanol–water partition coefficient (Wildman–Crippen LogP) is 2.15. The first-order valence-electron chi connectivity index (χ1n) is 8.61. The second-order valence-corrected chi connectivity index (χ2v) is 7.64. The molecule has 0 aliphatic carbocycles. The van der Waals surface area contributed by atoms with Crippen LogP contribution in [0.1, 0.15) is 47.4 Å². The Morgan fingerprint density at radius 3 is 2.21 bits per heavy atom. The molecule has 0 saturated carbocycles. The molecular formula is C18H26N2O3S. The van der Waals surface area contributed by atoms with E-state index in [0.717, 1.165) is 37.4 Å². The van der Waals surface area contributed by atoms with Crippen LogP contribution in [0.5, 0.6) is 0 Å². The summed E-state index contributed by atoms with van der Waals surface area (Å²) in [6.07, 6.45) is 1.83. The molecule has 24 heavy (non-hydrogen) atoms. The van der Waals surface area contributed by atoms with Crippen molar-refractivity contribution < 1.29 is 14.1 Å². The summed E-state index contributed by atoms with van der Waals surface area (Å²) >= 11 is -0.728. The van der Waals surface area contributed by atoms with Crippen molar-refractivity contribution in [2.45, 2.75) is 26.7 Å². The summed E-state index contributed by atoms with van der Waals surface area (Å²) < 4.78 is 11.7. The van der Waals surface area contributed by atoms with Crippen LogP contribution in [0.25, 0.3) is 0 Å². The Bertz CT molecular complexity index is 544. The van der Waals surface area contributed by atoms with E-state index in [1.807, 2.05) is 6.92 Å². The topological polar surface area (TPSA) is 63.7 Å². The van der Waals surface area contributed by atoms with E-state index in [2.05, 4.69) is 11.8 Å². The first kappa shape index (κ1) is 19.0. The Labute approximate surface area is 147 Å². The number of benzene rings is 1. The van der Waals surface area contributed by atoms with Crippen LogP contribution in [0.3, 0.4) is 0 Å². The molecule has 5 nitrogen and oxygen atoms in total. The van der Waals surface area contributed by atoms with Crippen molar-refractivity contribution in [2.24, 2.45) is 0 Å². The zero-order valence-corrected chi connectivity index (χ0v) is 15.3. The van der Waals surface area contributed by atoms with Gasteiger partial charge in [0.15, 0.2) is 0 Å². The lowest BCUT2D eigenvalue weighted by molar-refractivity contribution is 0.0637. The van der Waals surface area contributed by atoms with Gasteiger partial charge in [-0.15, -0.1) is 0 Å². The molecule has 0 bridgehead atoms. The molecule has 0 saturated heterocycles. The summed E-state index contributed by atoms with van der Waals surface area (Å²) in [5.41, 5.74) is 1.00. The SMILES string of the molecule is CCC[S+]([O-])CCCN(CC)CCN1C(=O)c2ccccc2C1=O. The molecular weight excluding hydrogens is 324 g/mol. The first-order valence-corrected chi connectivity index (χ1v) is 10.1. The Morgan fingerprint density at radius 1 is 1.04 bits per heavy atom. The summed E-state index contributed by atoms with van der Waals surface area (Å²) in [5.74, 6) is 1.09. The smallest absolute Gasteiger partial charge is 0.261 e. The van der Waals surface area contributed by atoms with Crippen LogP contribution in [0, 0.1) is 0 Å². The summed E-state index contributed by atoms with van der Waals surface area (Å²) in [7, 11) is 0. The van der Waals surface area contributed by atoms with Crippen LogP contribution >= 0.6 is 0 Å². The molecule has 1 aromatic carbocycles. The third kappa shape index (κ3) is 4.59. The largest absolute Gasteiger partial charge is 0.616 e. The van der Waals surface area contributed by atoms with Crippen LogP contribution in [-0.2, 0) is 11.2 Å². The molecule has 0 N–H and O–H groups in total. The van der Waals surface area contributed by atoms with Gasteiger partial charge in [0.1, 0.15) is 11.5 Å². The van der Waals surface area contributed by atoms with E-state index in [1.165, 1.54) is 4.90 Å². The van der Waals surface area contributed by atoms with Crippen molar-refractivity contribution in [3.63, 3.8) is 0 Å². The number of hydrogen-bond donors (Lipinski definition) is 0. The second-order valence-electron chi connectivity index (χ2n) is 5.94. The fourth-order valence-corrected chi connectivity index (χ4v) is 4.00. The number of imide groups is 1. The Kier molecular flexibility index (Phi) is 7.27. The highest BCUT2D eigenvalue weighted by molar-refractivity contribution is 7.91. The standard InChI is InChI=1S/C18H26N2O3S/c1-3-13-24(23)14-7-10-19(4-2)11-12-20-17(21)15-8-5-6-9-16(15)18(20)22/h5-6,8-9H,3-4,7,10-14H2,1-2H3. The lowest BCUT2D eigenvalue weighted by Gasteiger charge is -2.23. The zero-order chi connectivity index (χ0) is 17.5. The molecule has 0 fully saturated rings. The molecule has 1 aliphatic rings. The van der Waals surface area contributed by atoms with E-state index >= 15 is 0 Å². The maximum Gasteiger partial charge on any atom is 0.261 e. The molecule has 1 atom stereocenters. The fourth-order valence-electron chi connectivity index (χ4n) is 2.89. The average Bonchev–Trinajstić information content (AvgIpc) is 2.83. The third-order valence-corrected chi connectivity index (χ3v) is 5.85. The van der Waals surface area contributed by atoms with E-state index in [9.17, 15) is 14.1 Å². The van der Waals surface area contributed by atoms with E-state index in [-0.39, 0.29) is 11.8 Å². The normalized spacial score (nSPS) is 15.2. The van der Waals surface area contributed by atoms with Crippen molar-refractivity contribution in [3.05, 3.63) is 35.4 Å². The number of fused-ring (bicyclic) bond motifs is 1. The van der Waals surface area contributed by atoms with Crippen molar-refractivity contribution in [1.82, 2.24) is 9.80 Å². The van der Waals surface area contributed by atoms with Gasteiger partial charge in [0.25, 0.3) is 11.8 Å². The highest BCUT2D eigenvalue weighted by Gasteiger charge is 2.34. The fraction of sp³-hybridized carbons (Fsp3) is 0.556. The monoisotopic (exact) mass is 350 g/mol. The average molecular weight is 350 g/mol. The Hall–Kier alpha value is -1.37. The summed E-state index contributed by atoms with van der Waals surface area (Å²) in [4.78, 5) is 28.2. The number of amides is 2. The van der Waals surface area contributed by atoms with Gasteiger partial charge in [-0.3, -0.25) is 14.5 Å². The van der Waals surface area contributed by atoms with Crippen LogP contribution in [0.2, 0.25) is 0 Å². The first-order chi connectivity index (χ1) is 11.6. The lowest BCUT2D eigenvalue weighted by Crippen LogP contribution is -2.39. The van der Waals surface area contributed by atoms with Gasteiger partial charge in [0, 0.05) is 26.1 Å². The number of rotatable bonds is 10. The molecule has 1 heterocycles. The quantitative estimate of drug-likeness (QED) is 0.479. The molecule has 0 spiro atoms. The van der Waals surface area contributed by atoms with Gasteiger partial charge in [-0.05, 0) is 25.1 Å². The molecule has 1 aromatic rings. The second kappa shape index (κ2) is 9.20. The third-order valence-electron chi connectivity index (χ3n) is 4.24. The van der Waals surface area contributed by atoms with Crippen LogP contribution < -0.4 is 0 Å². The van der Waals surface area contributed by atoms with Crippen molar-refractivity contribution in [2.75, 3.05) is 37.7 Å². The number of hydrogen-bond acceptors (Lipinski definition) is 4. The van der Waals surface area contributed by atoms with Gasteiger partial charge in [-0.25, -0.2) is 0 Å². The van der Waals surface area contributed by atoms with Crippen molar-refractivity contribution in [3.8, 4) is 0 Å². The Balaban J connectivity index is 1.81. The molecule has 132 valence electrons. The lowest BCUT2D eigenvalue weighted by atomic mass is 10.1.